The minimum Gasteiger partial charge on any atom is -0.421 e. The Kier molecular flexibility index (Phi) is 7.54. The third kappa shape index (κ3) is 5.60. The van der Waals surface area contributed by atoms with Gasteiger partial charge in [0.1, 0.15) is 0 Å². The summed E-state index contributed by atoms with van der Waals surface area (Å²) in [6, 6.07) is 23.1. The molecule has 0 bridgehead atoms. The van der Waals surface area contributed by atoms with Crippen LogP contribution in [0.2, 0.25) is 0 Å². The summed E-state index contributed by atoms with van der Waals surface area (Å²) in [5, 5.41) is 25.5. The summed E-state index contributed by atoms with van der Waals surface area (Å²) in [5.41, 5.74) is 2.54. The van der Waals surface area contributed by atoms with E-state index in [9.17, 15) is 9.90 Å². The minimum absolute atomic E-state index is 0.00392. The first kappa shape index (κ1) is 26.1. The Labute approximate surface area is 236 Å². The van der Waals surface area contributed by atoms with Crippen LogP contribution in [0.5, 0.6) is 0 Å². The first-order valence-corrected chi connectivity index (χ1v) is 14.2. The zero-order chi connectivity index (χ0) is 27.5. The molecule has 1 fully saturated rings. The number of β-amino-alcohol motifs (C(OH)–C–C–N with tert-alkyl or cyclic N) is 1. The van der Waals surface area contributed by atoms with Gasteiger partial charge in [-0.1, -0.05) is 42.5 Å². The number of anilines is 1. The summed E-state index contributed by atoms with van der Waals surface area (Å²) in [7, 11) is 0. The highest BCUT2D eigenvalue weighted by atomic mass is 32.1. The van der Waals surface area contributed by atoms with Crippen LogP contribution < -0.4 is 4.90 Å². The Bertz CT molecular complexity index is 1560. The topological polar surface area (TPSA) is 101 Å². The predicted octanol–water partition coefficient (Wildman–Crippen LogP) is 5.14. The number of aliphatic hydroxyl groups is 1. The summed E-state index contributed by atoms with van der Waals surface area (Å²) >= 11 is 1.44. The number of aliphatic hydroxyl groups excluding tert-OH is 1. The predicted molar refractivity (Wildman–Crippen MR) is 154 cm³/mol. The summed E-state index contributed by atoms with van der Waals surface area (Å²) in [6.07, 6.45) is 2.91. The average molecular weight is 555 g/mol. The molecule has 1 atom stereocenters. The summed E-state index contributed by atoms with van der Waals surface area (Å²) in [4.78, 5) is 18.5. The van der Waals surface area contributed by atoms with Gasteiger partial charge in [-0.3, -0.25) is 9.69 Å². The molecule has 9 nitrogen and oxygen atoms in total. The summed E-state index contributed by atoms with van der Waals surface area (Å²) in [6.45, 7) is 3.90. The smallest absolute Gasteiger partial charge is 0.269 e. The molecule has 0 spiro atoms. The van der Waals surface area contributed by atoms with Gasteiger partial charge in [0, 0.05) is 50.4 Å². The van der Waals surface area contributed by atoms with E-state index in [1.54, 1.807) is 11.6 Å². The van der Waals surface area contributed by atoms with Crippen LogP contribution in [0.25, 0.3) is 17.1 Å². The molecule has 6 rings (SSSR count). The van der Waals surface area contributed by atoms with Crippen molar-refractivity contribution in [3.63, 3.8) is 0 Å². The van der Waals surface area contributed by atoms with Crippen LogP contribution in [-0.2, 0) is 0 Å². The number of rotatable bonds is 8. The van der Waals surface area contributed by atoms with E-state index in [2.05, 4.69) is 15.1 Å². The minimum atomic E-state index is -0.538. The van der Waals surface area contributed by atoms with Crippen LogP contribution in [0.1, 0.15) is 40.1 Å². The summed E-state index contributed by atoms with van der Waals surface area (Å²) < 4.78 is 7.36. The number of amides is 1. The normalized spacial score (nSPS) is 15.2. The lowest BCUT2D eigenvalue weighted by Crippen LogP contribution is -2.48. The van der Waals surface area contributed by atoms with E-state index in [-0.39, 0.29) is 11.9 Å². The molecule has 0 radical (unpaired) electrons. The molecule has 1 unspecified atom stereocenters. The second-order valence-electron chi connectivity index (χ2n) is 9.91. The van der Waals surface area contributed by atoms with E-state index in [0.717, 1.165) is 42.7 Å². The maximum atomic E-state index is 13.7. The van der Waals surface area contributed by atoms with Gasteiger partial charge in [0.15, 0.2) is 5.82 Å². The molecule has 40 heavy (non-hydrogen) atoms. The number of carbonyl (C=O) groups is 1. The Hall–Kier alpha value is -4.12. The van der Waals surface area contributed by atoms with Crippen LogP contribution in [0.4, 0.5) is 5.82 Å². The van der Waals surface area contributed by atoms with E-state index < -0.39 is 6.10 Å². The second kappa shape index (κ2) is 11.5. The van der Waals surface area contributed by atoms with E-state index in [1.807, 2.05) is 89.3 Å². The molecule has 5 aromatic rings. The van der Waals surface area contributed by atoms with Crippen LogP contribution >= 0.6 is 11.3 Å². The number of nitrogens with zero attached hydrogens (tertiary/aromatic N) is 6. The maximum Gasteiger partial charge on any atom is 0.269 e. The molecule has 0 aliphatic carbocycles. The third-order valence-electron chi connectivity index (χ3n) is 7.19. The SMILES string of the molecule is Cc1nnc(-c2cccc(-n3ccc(N(C(=O)c4cccs4)C4CCN(CC(O)c5ccccc5)CC4)n3)c2)o1. The second-order valence-corrected chi connectivity index (χ2v) is 10.9. The van der Waals surface area contributed by atoms with Crippen LogP contribution in [-0.4, -0.2) is 61.6 Å². The quantitative estimate of drug-likeness (QED) is 0.284. The molecule has 0 saturated carbocycles. The van der Waals surface area contributed by atoms with Crippen molar-refractivity contribution < 1.29 is 14.3 Å². The fraction of sp³-hybridized carbons (Fsp3) is 0.267. The molecular weight excluding hydrogens is 524 g/mol. The highest BCUT2D eigenvalue weighted by molar-refractivity contribution is 7.12. The standard InChI is InChI=1S/C30H30N6O3S/c1-21-31-32-29(39-21)23-9-5-10-25(19-23)35-17-14-28(33-35)36(30(38)27-11-6-18-40-27)24-12-15-34(16-13-24)20-26(37)22-7-3-2-4-8-22/h2-11,14,17-19,24,26,37H,12-13,15-16,20H2,1H3. The molecule has 1 aliphatic rings. The molecule has 10 heteroatoms. The molecule has 2 aromatic carbocycles. The van der Waals surface area contributed by atoms with Crippen molar-refractivity contribution in [3.05, 3.63) is 101 Å². The van der Waals surface area contributed by atoms with Crippen molar-refractivity contribution in [1.82, 2.24) is 24.9 Å². The van der Waals surface area contributed by atoms with Crippen molar-refractivity contribution in [2.45, 2.75) is 31.9 Å². The third-order valence-corrected chi connectivity index (χ3v) is 8.05. The number of hydrogen-bond donors (Lipinski definition) is 1. The van der Waals surface area contributed by atoms with Crippen molar-refractivity contribution in [1.29, 1.82) is 0 Å². The Morgan fingerprint density at radius 1 is 1.07 bits per heavy atom. The number of benzene rings is 2. The van der Waals surface area contributed by atoms with Gasteiger partial charge in [0.2, 0.25) is 11.8 Å². The zero-order valence-corrected chi connectivity index (χ0v) is 22.9. The number of likely N-dealkylation sites (tertiary alicyclic amines) is 1. The highest BCUT2D eigenvalue weighted by Gasteiger charge is 2.32. The van der Waals surface area contributed by atoms with Gasteiger partial charge in [0.05, 0.1) is 16.7 Å². The number of piperidine rings is 1. The Balaban J connectivity index is 1.21. The van der Waals surface area contributed by atoms with Crippen LogP contribution in [0, 0.1) is 6.92 Å². The number of hydrogen-bond acceptors (Lipinski definition) is 8. The summed E-state index contributed by atoms with van der Waals surface area (Å²) in [5.74, 6) is 1.52. The van der Waals surface area contributed by atoms with Gasteiger partial charge in [-0.25, -0.2) is 4.68 Å². The first-order valence-electron chi connectivity index (χ1n) is 13.3. The van der Waals surface area contributed by atoms with E-state index >= 15 is 0 Å². The largest absolute Gasteiger partial charge is 0.421 e. The van der Waals surface area contributed by atoms with Crippen molar-refractivity contribution in [2.24, 2.45) is 0 Å². The fourth-order valence-corrected chi connectivity index (χ4v) is 5.80. The maximum absolute atomic E-state index is 13.7. The molecular formula is C30H30N6O3S. The van der Waals surface area contributed by atoms with Gasteiger partial charge >= 0.3 is 0 Å². The lowest BCUT2D eigenvalue weighted by atomic mass is 10.0. The van der Waals surface area contributed by atoms with E-state index in [4.69, 9.17) is 9.52 Å². The average Bonchev–Trinajstić information content (AvgIpc) is 3.78. The number of aryl methyl sites for hydroxylation is 1. The number of aromatic nitrogens is 4. The Morgan fingerprint density at radius 3 is 2.62 bits per heavy atom. The van der Waals surface area contributed by atoms with Gasteiger partial charge in [-0.2, -0.15) is 0 Å². The molecule has 1 N–H and O–H groups in total. The fourth-order valence-electron chi connectivity index (χ4n) is 5.14. The molecule has 4 heterocycles. The van der Waals surface area contributed by atoms with Gasteiger partial charge < -0.3 is 14.4 Å². The Morgan fingerprint density at radius 2 is 1.90 bits per heavy atom. The van der Waals surface area contributed by atoms with Gasteiger partial charge in [0.25, 0.3) is 5.91 Å². The highest BCUT2D eigenvalue weighted by Crippen LogP contribution is 2.28. The molecule has 1 amide bonds. The van der Waals surface area contributed by atoms with E-state index in [0.29, 0.717) is 29.0 Å². The molecule has 3 aromatic heterocycles. The molecule has 1 aliphatic heterocycles. The van der Waals surface area contributed by atoms with Gasteiger partial charge in [-0.05, 0) is 48.1 Å². The van der Waals surface area contributed by atoms with Crippen molar-refractivity contribution >= 4 is 23.1 Å². The lowest BCUT2D eigenvalue weighted by Gasteiger charge is -2.38. The molecule has 1 saturated heterocycles. The number of thiophene rings is 1. The van der Waals surface area contributed by atoms with E-state index in [1.165, 1.54) is 11.3 Å². The van der Waals surface area contributed by atoms with Crippen molar-refractivity contribution in [3.8, 4) is 17.1 Å². The number of carbonyl (C=O) groups excluding carboxylic acids is 1. The van der Waals surface area contributed by atoms with Gasteiger partial charge in [-0.15, -0.1) is 26.6 Å². The lowest BCUT2D eigenvalue weighted by molar-refractivity contribution is 0.0883. The van der Waals surface area contributed by atoms with Crippen LogP contribution in [0.3, 0.4) is 0 Å². The van der Waals surface area contributed by atoms with Crippen LogP contribution in [0.15, 0.2) is 88.8 Å². The molecule has 204 valence electrons. The monoisotopic (exact) mass is 554 g/mol. The first-order chi connectivity index (χ1) is 19.5. The van der Waals surface area contributed by atoms with Crippen molar-refractivity contribution in [2.75, 3.05) is 24.5 Å². The zero-order valence-electron chi connectivity index (χ0n) is 22.1.